The number of imidazole rings is 1. The zero-order valence-corrected chi connectivity index (χ0v) is 14.9. The van der Waals surface area contributed by atoms with Crippen LogP contribution < -0.4 is 4.57 Å². The van der Waals surface area contributed by atoms with Gasteiger partial charge in [0.25, 0.3) is 5.69 Å². The number of benzene rings is 2. The topological polar surface area (TPSA) is 75.7 Å². The maximum atomic E-state index is 10.7. The van der Waals surface area contributed by atoms with E-state index in [1.807, 2.05) is 77.7 Å². The second-order valence-corrected chi connectivity index (χ2v) is 6.18. The summed E-state index contributed by atoms with van der Waals surface area (Å²) < 4.78 is 1.93. The summed E-state index contributed by atoms with van der Waals surface area (Å²) in [6.07, 6.45) is 11.6. The van der Waals surface area contributed by atoms with Crippen molar-refractivity contribution in [1.29, 1.82) is 0 Å². The highest BCUT2D eigenvalue weighted by atomic mass is 16.6. The van der Waals surface area contributed by atoms with Gasteiger partial charge in [0, 0.05) is 12.1 Å². The van der Waals surface area contributed by atoms with Crippen molar-refractivity contribution in [2.24, 2.45) is 0 Å². The third-order valence-corrected chi connectivity index (χ3v) is 4.27. The number of fused-ring (bicyclic) bond motifs is 1. The van der Waals surface area contributed by atoms with Gasteiger partial charge in [0.1, 0.15) is 5.52 Å². The molecular formula is C22H17N4O2+. The summed E-state index contributed by atoms with van der Waals surface area (Å²) in [6.45, 7) is 0. The number of allylic oxidation sites excluding steroid dienone is 2. The number of aromatic nitrogens is 3. The standard InChI is InChI=1S/C22H17N4O2/c27-26(28)19-11-9-17(10-12-19)5-1-2-6-18-13-15-25(16-14-18)22-23-20-7-3-4-8-21(20)24-22/h1-16H,(H,23,24)/q+1/b5-1+,6-2+. The fourth-order valence-electron chi connectivity index (χ4n) is 2.79. The summed E-state index contributed by atoms with van der Waals surface area (Å²) in [5.74, 6) is 0.773. The van der Waals surface area contributed by atoms with E-state index in [-0.39, 0.29) is 5.69 Å². The van der Waals surface area contributed by atoms with Gasteiger partial charge < -0.3 is 0 Å². The maximum Gasteiger partial charge on any atom is 0.401 e. The van der Waals surface area contributed by atoms with E-state index in [0.29, 0.717) is 0 Å². The number of nitro groups is 1. The number of hydrogen-bond acceptors (Lipinski definition) is 3. The molecule has 4 aromatic rings. The van der Waals surface area contributed by atoms with Gasteiger partial charge in [0.15, 0.2) is 5.52 Å². The van der Waals surface area contributed by atoms with Gasteiger partial charge in [0.05, 0.1) is 17.3 Å². The van der Waals surface area contributed by atoms with Gasteiger partial charge in [-0.05, 0) is 47.5 Å². The number of nitro benzene ring substituents is 1. The summed E-state index contributed by atoms with van der Waals surface area (Å²) in [5, 5.41) is 10.7. The van der Waals surface area contributed by atoms with Crippen LogP contribution in [0.3, 0.4) is 0 Å². The second kappa shape index (κ2) is 7.67. The zero-order valence-electron chi connectivity index (χ0n) is 14.9. The summed E-state index contributed by atoms with van der Waals surface area (Å²) in [4.78, 5) is 18.1. The molecule has 6 nitrogen and oxygen atoms in total. The molecule has 0 unspecified atom stereocenters. The molecule has 0 aliphatic heterocycles. The van der Waals surface area contributed by atoms with Gasteiger partial charge in [-0.3, -0.25) is 10.1 Å². The van der Waals surface area contributed by atoms with Gasteiger partial charge in [-0.25, -0.2) is 9.55 Å². The molecule has 2 heterocycles. The number of hydrogen-bond donors (Lipinski definition) is 1. The molecule has 4 rings (SSSR count). The number of aromatic amines is 1. The number of non-ortho nitro benzene ring substituents is 1. The predicted molar refractivity (Wildman–Crippen MR) is 109 cm³/mol. The minimum atomic E-state index is -0.402. The first-order valence-corrected chi connectivity index (χ1v) is 8.75. The fraction of sp³-hybridized carbons (Fsp3) is 0. The Balaban J connectivity index is 1.43. The highest BCUT2D eigenvalue weighted by molar-refractivity contribution is 5.75. The van der Waals surface area contributed by atoms with Crippen LogP contribution in [-0.4, -0.2) is 14.9 Å². The Labute approximate surface area is 161 Å². The Bertz CT molecular complexity index is 1140. The van der Waals surface area contributed by atoms with Crippen LogP contribution in [0.5, 0.6) is 0 Å². The number of H-pyrrole nitrogens is 1. The van der Waals surface area contributed by atoms with E-state index in [4.69, 9.17) is 0 Å². The van der Waals surface area contributed by atoms with Crippen molar-refractivity contribution in [2.45, 2.75) is 0 Å². The van der Waals surface area contributed by atoms with Gasteiger partial charge in [-0.15, -0.1) is 0 Å². The Kier molecular flexibility index (Phi) is 4.76. The van der Waals surface area contributed by atoms with Gasteiger partial charge in [0.2, 0.25) is 0 Å². The van der Waals surface area contributed by atoms with E-state index >= 15 is 0 Å². The number of rotatable bonds is 5. The summed E-state index contributed by atoms with van der Waals surface area (Å²) in [7, 11) is 0. The van der Waals surface area contributed by atoms with E-state index in [0.717, 1.165) is 28.1 Å². The quantitative estimate of drug-likeness (QED) is 0.244. The van der Waals surface area contributed by atoms with Crippen molar-refractivity contribution < 1.29 is 9.49 Å². The van der Waals surface area contributed by atoms with Crippen LogP contribution in [0.25, 0.3) is 29.1 Å². The molecule has 0 fully saturated rings. The summed E-state index contributed by atoms with van der Waals surface area (Å²) in [6, 6.07) is 18.4. The van der Waals surface area contributed by atoms with E-state index in [2.05, 4.69) is 9.97 Å². The van der Waals surface area contributed by atoms with E-state index in [1.165, 1.54) is 12.1 Å². The predicted octanol–water partition coefficient (Wildman–Crippen LogP) is 4.47. The Morgan fingerprint density at radius 2 is 1.54 bits per heavy atom. The first kappa shape index (κ1) is 17.4. The van der Waals surface area contributed by atoms with E-state index in [9.17, 15) is 10.1 Å². The lowest BCUT2D eigenvalue weighted by Gasteiger charge is -1.95. The van der Waals surface area contributed by atoms with Crippen LogP contribution in [0.15, 0.2) is 85.2 Å². The molecule has 0 saturated carbocycles. The third kappa shape index (κ3) is 3.86. The minimum absolute atomic E-state index is 0.0923. The van der Waals surface area contributed by atoms with E-state index < -0.39 is 4.92 Å². The van der Waals surface area contributed by atoms with E-state index in [1.54, 1.807) is 12.1 Å². The van der Waals surface area contributed by atoms with Gasteiger partial charge in [-0.1, -0.05) is 41.4 Å². The first-order valence-electron chi connectivity index (χ1n) is 8.75. The summed E-state index contributed by atoms with van der Waals surface area (Å²) >= 11 is 0. The highest BCUT2D eigenvalue weighted by Crippen LogP contribution is 2.13. The molecule has 0 saturated heterocycles. The zero-order chi connectivity index (χ0) is 19.3. The SMILES string of the molecule is O=[N+]([O-])c1ccc(/C=C/C=C/c2cc[n+](-c3nc4ccccc4[nH]3)cc2)cc1. The van der Waals surface area contributed by atoms with Crippen LogP contribution in [0.2, 0.25) is 0 Å². The lowest BCUT2D eigenvalue weighted by Crippen LogP contribution is -2.30. The fourth-order valence-corrected chi connectivity index (χ4v) is 2.79. The van der Waals surface area contributed by atoms with Crippen molar-refractivity contribution >= 4 is 28.9 Å². The Hall–Kier alpha value is -4.06. The molecule has 28 heavy (non-hydrogen) atoms. The third-order valence-electron chi connectivity index (χ3n) is 4.27. The van der Waals surface area contributed by atoms with Crippen LogP contribution in [0.4, 0.5) is 5.69 Å². The lowest BCUT2D eigenvalue weighted by atomic mass is 10.2. The molecule has 6 heteroatoms. The van der Waals surface area contributed by atoms with Crippen molar-refractivity contribution in [1.82, 2.24) is 9.97 Å². The van der Waals surface area contributed by atoms with Crippen LogP contribution >= 0.6 is 0 Å². The minimum Gasteiger partial charge on any atom is -0.258 e. The molecule has 1 N–H and O–H groups in total. The Morgan fingerprint density at radius 1 is 0.893 bits per heavy atom. The van der Waals surface area contributed by atoms with Crippen molar-refractivity contribution in [2.75, 3.05) is 0 Å². The second-order valence-electron chi connectivity index (χ2n) is 6.18. The number of nitrogens with one attached hydrogen (secondary N) is 1. The molecule has 2 aromatic heterocycles. The smallest absolute Gasteiger partial charge is 0.258 e. The highest BCUT2D eigenvalue weighted by Gasteiger charge is 2.12. The normalized spacial score (nSPS) is 11.6. The molecule has 0 bridgehead atoms. The number of para-hydroxylation sites is 2. The molecule has 0 spiro atoms. The van der Waals surface area contributed by atoms with Crippen LogP contribution in [0, 0.1) is 10.1 Å². The number of pyridine rings is 1. The molecule has 0 aliphatic carbocycles. The summed E-state index contributed by atoms with van der Waals surface area (Å²) in [5.41, 5.74) is 4.00. The molecule has 0 atom stereocenters. The largest absolute Gasteiger partial charge is 0.401 e. The monoisotopic (exact) mass is 369 g/mol. The molecule has 0 aliphatic rings. The lowest BCUT2D eigenvalue weighted by molar-refractivity contribution is -0.603. The molecule has 0 radical (unpaired) electrons. The first-order chi connectivity index (χ1) is 13.7. The average Bonchev–Trinajstić information content (AvgIpc) is 3.16. The molecule has 136 valence electrons. The van der Waals surface area contributed by atoms with Gasteiger partial charge in [-0.2, -0.15) is 0 Å². The van der Waals surface area contributed by atoms with Gasteiger partial charge >= 0.3 is 5.95 Å². The van der Waals surface area contributed by atoms with Crippen molar-refractivity contribution in [3.8, 4) is 5.95 Å². The molecular weight excluding hydrogens is 352 g/mol. The van der Waals surface area contributed by atoms with Crippen LogP contribution in [-0.2, 0) is 0 Å². The average molecular weight is 369 g/mol. The number of nitrogens with zero attached hydrogens (tertiary/aromatic N) is 3. The Morgan fingerprint density at radius 3 is 2.18 bits per heavy atom. The van der Waals surface area contributed by atoms with Crippen LogP contribution in [0.1, 0.15) is 11.1 Å². The molecule has 2 aromatic carbocycles. The maximum absolute atomic E-state index is 10.7. The molecule has 0 amide bonds. The van der Waals surface area contributed by atoms with Crippen molar-refractivity contribution in [3.63, 3.8) is 0 Å². The van der Waals surface area contributed by atoms with Crippen molar-refractivity contribution in [3.05, 3.63) is 106 Å².